The minimum Gasteiger partial charge on any atom is -0.427 e. The lowest BCUT2D eigenvalue weighted by Crippen LogP contribution is -2.46. The van der Waals surface area contributed by atoms with Crippen molar-refractivity contribution in [2.75, 3.05) is 0 Å². The molecule has 3 aliphatic rings. The van der Waals surface area contributed by atoms with Crippen LogP contribution in [0.15, 0.2) is 47.7 Å². The van der Waals surface area contributed by atoms with Gasteiger partial charge in [-0.2, -0.15) is 26.3 Å². The molecule has 0 heterocycles. The van der Waals surface area contributed by atoms with E-state index in [2.05, 4.69) is 11.7 Å². The number of allylic oxidation sites excluding steroid dienone is 4. The summed E-state index contributed by atoms with van der Waals surface area (Å²) < 4.78 is 89.4. The van der Waals surface area contributed by atoms with E-state index >= 15 is 0 Å². The summed E-state index contributed by atoms with van der Waals surface area (Å²) in [6.45, 7) is 3.14. The van der Waals surface area contributed by atoms with E-state index in [1.807, 2.05) is 0 Å². The van der Waals surface area contributed by atoms with Crippen molar-refractivity contribution < 1.29 is 31.1 Å². The second-order valence-electron chi connectivity index (χ2n) is 10.4. The van der Waals surface area contributed by atoms with E-state index in [4.69, 9.17) is 0 Å². The molecule has 1 aromatic rings. The Hall–Kier alpha value is -1.92. The minimum absolute atomic E-state index is 0.277. The van der Waals surface area contributed by atoms with Crippen LogP contribution in [-0.4, -0.2) is 11.8 Å². The fourth-order valence-corrected chi connectivity index (χ4v) is 5.74. The maximum absolute atomic E-state index is 14.6. The summed E-state index contributed by atoms with van der Waals surface area (Å²) in [4.78, 5) is 0. The van der Waals surface area contributed by atoms with Crippen molar-refractivity contribution in [1.29, 1.82) is 0 Å². The lowest BCUT2D eigenvalue weighted by atomic mass is 9.68. The molecule has 0 aliphatic heterocycles. The van der Waals surface area contributed by atoms with Crippen LogP contribution in [0.2, 0.25) is 0 Å². The quantitative estimate of drug-likeness (QED) is 0.378. The third kappa shape index (κ3) is 4.76. The summed E-state index contributed by atoms with van der Waals surface area (Å²) in [5.74, 6) is -8.55. The van der Waals surface area contributed by atoms with Gasteiger partial charge < -0.3 is 4.74 Å². The molecular formula is C27H32F6O. The maximum atomic E-state index is 14.6. The normalized spacial score (nSPS) is 31.4. The van der Waals surface area contributed by atoms with E-state index in [1.165, 1.54) is 25.7 Å². The summed E-state index contributed by atoms with van der Waals surface area (Å²) in [7, 11) is 0. The van der Waals surface area contributed by atoms with Crippen LogP contribution in [0.25, 0.3) is 0 Å². The number of hydrogen-bond acceptors (Lipinski definition) is 1. The number of benzene rings is 1. The van der Waals surface area contributed by atoms with Gasteiger partial charge in [0.15, 0.2) is 5.76 Å². The molecule has 0 spiro atoms. The van der Waals surface area contributed by atoms with Crippen LogP contribution in [-0.2, 0) is 10.8 Å². The van der Waals surface area contributed by atoms with Crippen LogP contribution in [0.4, 0.5) is 26.3 Å². The number of hydrogen-bond donors (Lipinski definition) is 0. The minimum atomic E-state index is -4.86. The molecule has 0 N–H and O–H groups in total. The average Bonchev–Trinajstić information content (AvgIpc) is 2.81. The standard InChI is InChI=1S/C27H32F6O/c1-17-3-6-19(7-4-17)20-8-10-21(11-9-20)22-12-14-23(15-13-22)27(32,33)34-24-16-5-18(2)25(28,29)26(24,30)31/h5,12-17,19-21H,3-4,6-11H2,1-2H3. The van der Waals surface area contributed by atoms with Gasteiger partial charge in [-0.1, -0.05) is 38.0 Å². The van der Waals surface area contributed by atoms with Gasteiger partial charge in [0, 0.05) is 5.57 Å². The Labute approximate surface area is 197 Å². The Kier molecular flexibility index (Phi) is 6.87. The first-order valence-electron chi connectivity index (χ1n) is 12.2. The Morgan fingerprint density at radius 2 is 1.29 bits per heavy atom. The zero-order chi connectivity index (χ0) is 24.7. The summed E-state index contributed by atoms with van der Waals surface area (Å²) in [6.07, 6.45) is 6.48. The summed E-state index contributed by atoms with van der Waals surface area (Å²) in [5, 5.41) is 0. The maximum Gasteiger partial charge on any atom is 0.426 e. The molecule has 0 atom stereocenters. The van der Waals surface area contributed by atoms with Crippen molar-refractivity contribution in [2.45, 2.75) is 89.1 Å². The van der Waals surface area contributed by atoms with Crippen LogP contribution < -0.4 is 0 Å². The van der Waals surface area contributed by atoms with Crippen molar-refractivity contribution in [1.82, 2.24) is 0 Å². The molecular weight excluding hydrogens is 454 g/mol. The molecule has 3 aliphatic carbocycles. The van der Waals surface area contributed by atoms with E-state index < -0.39 is 34.8 Å². The highest BCUT2D eigenvalue weighted by Crippen LogP contribution is 2.50. The molecule has 1 nitrogen and oxygen atoms in total. The fraction of sp³-hybridized carbons (Fsp3) is 0.630. The van der Waals surface area contributed by atoms with Crippen LogP contribution in [0.3, 0.4) is 0 Å². The van der Waals surface area contributed by atoms with Crippen molar-refractivity contribution in [2.24, 2.45) is 17.8 Å². The molecule has 4 rings (SSSR count). The van der Waals surface area contributed by atoms with E-state index in [1.54, 1.807) is 12.1 Å². The molecule has 0 aromatic heterocycles. The van der Waals surface area contributed by atoms with Crippen LogP contribution in [0.1, 0.15) is 82.3 Å². The summed E-state index contributed by atoms with van der Waals surface area (Å²) >= 11 is 0. The number of halogens is 6. The van der Waals surface area contributed by atoms with Crippen LogP contribution in [0, 0.1) is 17.8 Å². The van der Waals surface area contributed by atoms with Gasteiger partial charge in [0.05, 0.1) is 5.56 Å². The predicted molar refractivity (Wildman–Crippen MR) is 119 cm³/mol. The Morgan fingerprint density at radius 3 is 1.85 bits per heavy atom. The van der Waals surface area contributed by atoms with Crippen LogP contribution >= 0.6 is 0 Å². The Morgan fingerprint density at radius 1 is 0.765 bits per heavy atom. The fourth-order valence-electron chi connectivity index (χ4n) is 5.74. The summed E-state index contributed by atoms with van der Waals surface area (Å²) in [5.41, 5.74) is -0.625. The first-order chi connectivity index (χ1) is 15.9. The summed E-state index contributed by atoms with van der Waals surface area (Å²) in [6, 6.07) is 5.44. The number of rotatable bonds is 5. The van der Waals surface area contributed by atoms with Gasteiger partial charge in [-0.15, -0.1) is 0 Å². The molecule has 2 saturated carbocycles. The highest BCUT2D eigenvalue weighted by molar-refractivity contribution is 5.35. The van der Waals surface area contributed by atoms with Gasteiger partial charge in [-0.05, 0) is 92.9 Å². The van der Waals surface area contributed by atoms with Crippen molar-refractivity contribution >= 4 is 0 Å². The predicted octanol–water partition coefficient (Wildman–Crippen LogP) is 8.97. The molecule has 34 heavy (non-hydrogen) atoms. The van der Waals surface area contributed by atoms with Gasteiger partial charge in [0.2, 0.25) is 0 Å². The third-order valence-corrected chi connectivity index (χ3v) is 8.14. The van der Waals surface area contributed by atoms with Gasteiger partial charge >= 0.3 is 18.0 Å². The highest BCUT2D eigenvalue weighted by atomic mass is 19.3. The Balaban J connectivity index is 1.39. The van der Waals surface area contributed by atoms with Crippen molar-refractivity contribution in [3.8, 4) is 0 Å². The van der Waals surface area contributed by atoms with Crippen molar-refractivity contribution in [3.63, 3.8) is 0 Å². The highest BCUT2D eigenvalue weighted by Gasteiger charge is 2.63. The van der Waals surface area contributed by atoms with Crippen LogP contribution in [0.5, 0.6) is 0 Å². The average molecular weight is 487 g/mol. The second kappa shape index (κ2) is 9.27. The molecule has 0 saturated heterocycles. The molecule has 0 bridgehead atoms. The lowest BCUT2D eigenvalue weighted by molar-refractivity contribution is -0.267. The largest absolute Gasteiger partial charge is 0.427 e. The van der Waals surface area contributed by atoms with E-state index in [0.29, 0.717) is 12.2 Å². The third-order valence-electron chi connectivity index (χ3n) is 8.14. The van der Waals surface area contributed by atoms with Crippen molar-refractivity contribution in [3.05, 3.63) is 58.9 Å². The molecule has 188 valence electrons. The molecule has 0 amide bonds. The van der Waals surface area contributed by atoms with Gasteiger partial charge in [0.25, 0.3) is 0 Å². The SMILES string of the molecule is CC1=CC=C(OC(F)(F)c2ccc(C3CCC(C4CCC(C)CC4)CC3)cc2)C(F)(F)C1(F)F. The molecule has 2 fully saturated rings. The second-order valence-corrected chi connectivity index (χ2v) is 10.4. The van der Waals surface area contributed by atoms with E-state index in [0.717, 1.165) is 68.1 Å². The first kappa shape index (κ1) is 25.2. The molecule has 1 aromatic carbocycles. The molecule has 7 heteroatoms. The molecule has 0 unspecified atom stereocenters. The molecule has 0 radical (unpaired) electrons. The van der Waals surface area contributed by atoms with Gasteiger partial charge in [0.1, 0.15) is 0 Å². The van der Waals surface area contributed by atoms with Gasteiger partial charge in [-0.25, -0.2) is 0 Å². The van der Waals surface area contributed by atoms with Gasteiger partial charge in [-0.3, -0.25) is 0 Å². The first-order valence-corrected chi connectivity index (χ1v) is 12.2. The smallest absolute Gasteiger partial charge is 0.426 e. The number of ether oxygens (including phenoxy) is 1. The Bertz CT molecular complexity index is 917. The zero-order valence-corrected chi connectivity index (χ0v) is 19.6. The van der Waals surface area contributed by atoms with E-state index in [9.17, 15) is 26.3 Å². The lowest BCUT2D eigenvalue weighted by Gasteiger charge is -2.37. The number of alkyl halides is 6. The van der Waals surface area contributed by atoms with E-state index in [-0.39, 0.29) is 5.92 Å². The topological polar surface area (TPSA) is 9.23 Å². The zero-order valence-electron chi connectivity index (χ0n) is 19.6. The monoisotopic (exact) mass is 486 g/mol.